The topological polar surface area (TPSA) is 42.1 Å². The lowest BCUT2D eigenvalue weighted by Crippen LogP contribution is -2.05. The van der Waals surface area contributed by atoms with Crippen LogP contribution in [-0.4, -0.2) is 12.1 Å². The molecule has 0 spiro atoms. The van der Waals surface area contributed by atoms with Gasteiger partial charge in [-0.3, -0.25) is 4.79 Å². The second-order valence-corrected chi connectivity index (χ2v) is 4.67. The maximum absolute atomic E-state index is 11.9. The lowest BCUT2D eigenvalue weighted by Gasteiger charge is -2.06. The molecule has 2 aromatic rings. The van der Waals surface area contributed by atoms with Crippen molar-refractivity contribution < 1.29 is 4.74 Å². The maximum Gasteiger partial charge on any atom is 0.207 e. The van der Waals surface area contributed by atoms with Gasteiger partial charge < -0.3 is 9.72 Å². The molecule has 78 valence electrons. The number of fused-ring (bicyclic) bond motifs is 1. The van der Waals surface area contributed by atoms with Gasteiger partial charge in [-0.25, -0.2) is 0 Å². The highest BCUT2D eigenvalue weighted by atomic mass is 79.9. The molecule has 0 bridgehead atoms. The van der Waals surface area contributed by atoms with E-state index in [-0.39, 0.29) is 5.43 Å². The Kier molecular flexibility index (Phi) is 2.84. The van der Waals surface area contributed by atoms with E-state index in [9.17, 15) is 4.79 Å². The Hall–Kier alpha value is -0.810. The van der Waals surface area contributed by atoms with Crippen LogP contribution in [-0.2, 0) is 0 Å². The number of aromatic nitrogens is 1. The van der Waals surface area contributed by atoms with E-state index in [2.05, 4.69) is 36.8 Å². The summed E-state index contributed by atoms with van der Waals surface area (Å²) in [5.41, 5.74) is 0.657. The number of pyridine rings is 1. The van der Waals surface area contributed by atoms with E-state index >= 15 is 0 Å². The molecule has 3 nitrogen and oxygen atoms in total. The van der Waals surface area contributed by atoms with Gasteiger partial charge in [-0.2, -0.15) is 0 Å². The number of hydrogen-bond acceptors (Lipinski definition) is 2. The Morgan fingerprint density at radius 2 is 2.00 bits per heavy atom. The molecule has 0 fully saturated rings. The molecule has 0 amide bonds. The molecule has 0 aliphatic rings. The first-order valence-electron chi connectivity index (χ1n) is 4.18. The molecule has 0 saturated heterocycles. The number of aromatic amines is 1. The molecule has 0 atom stereocenters. The van der Waals surface area contributed by atoms with Crippen molar-refractivity contribution in [3.8, 4) is 5.75 Å². The van der Waals surface area contributed by atoms with Gasteiger partial charge in [-0.1, -0.05) is 0 Å². The zero-order valence-electron chi connectivity index (χ0n) is 7.80. The molecule has 2 rings (SSSR count). The van der Waals surface area contributed by atoms with E-state index in [1.54, 1.807) is 19.4 Å². The number of nitrogens with one attached hydrogen (secondary N) is 1. The number of methoxy groups -OCH3 is 1. The molecule has 0 unspecified atom stereocenters. The van der Waals surface area contributed by atoms with Crippen LogP contribution in [0, 0.1) is 0 Å². The molecule has 15 heavy (non-hydrogen) atoms. The minimum Gasteiger partial charge on any atom is -0.496 e. The molecule has 1 N–H and O–H groups in total. The Labute approximate surface area is 103 Å². The van der Waals surface area contributed by atoms with Crippen LogP contribution in [0.5, 0.6) is 5.75 Å². The summed E-state index contributed by atoms with van der Waals surface area (Å²) in [6.07, 6.45) is 1.62. The lowest BCUT2D eigenvalue weighted by molar-refractivity contribution is 0.419. The molecule has 5 heteroatoms. The molecule has 1 aromatic carbocycles. The first-order valence-corrected chi connectivity index (χ1v) is 5.77. The smallest absolute Gasteiger partial charge is 0.207 e. The summed E-state index contributed by atoms with van der Waals surface area (Å²) in [6, 6.07) is 3.60. The van der Waals surface area contributed by atoms with E-state index in [0.717, 1.165) is 9.99 Å². The molecule has 0 radical (unpaired) electrons. The van der Waals surface area contributed by atoms with E-state index < -0.39 is 0 Å². The number of halogens is 2. The normalized spacial score (nSPS) is 10.6. The minimum atomic E-state index is -0.0816. The molecular weight excluding hydrogens is 326 g/mol. The molecular formula is C10H7Br2NO2. The number of benzene rings is 1. The van der Waals surface area contributed by atoms with Crippen LogP contribution in [0.4, 0.5) is 0 Å². The largest absolute Gasteiger partial charge is 0.496 e. The van der Waals surface area contributed by atoms with Crippen molar-refractivity contribution in [3.63, 3.8) is 0 Å². The van der Waals surface area contributed by atoms with Crippen LogP contribution in [0.2, 0.25) is 0 Å². The van der Waals surface area contributed by atoms with Gasteiger partial charge in [0, 0.05) is 10.7 Å². The highest BCUT2D eigenvalue weighted by Crippen LogP contribution is 2.28. The van der Waals surface area contributed by atoms with Crippen LogP contribution < -0.4 is 10.2 Å². The van der Waals surface area contributed by atoms with Crippen molar-refractivity contribution >= 4 is 42.8 Å². The lowest BCUT2D eigenvalue weighted by atomic mass is 10.2. The SMILES string of the molecule is COc1ccc(Br)c2[nH]cc(Br)c(=O)c12. The quantitative estimate of drug-likeness (QED) is 0.872. The van der Waals surface area contributed by atoms with Gasteiger partial charge in [0.05, 0.1) is 22.5 Å². The third-order valence-corrected chi connectivity index (χ3v) is 3.37. The van der Waals surface area contributed by atoms with Crippen LogP contribution in [0.3, 0.4) is 0 Å². The Morgan fingerprint density at radius 3 is 2.67 bits per heavy atom. The first-order chi connectivity index (χ1) is 7.15. The van der Waals surface area contributed by atoms with Gasteiger partial charge in [0.2, 0.25) is 5.43 Å². The number of rotatable bonds is 1. The van der Waals surface area contributed by atoms with Crippen molar-refractivity contribution in [3.05, 3.63) is 37.5 Å². The summed E-state index contributed by atoms with van der Waals surface area (Å²) >= 11 is 6.57. The fraction of sp³-hybridized carbons (Fsp3) is 0.100. The minimum absolute atomic E-state index is 0.0816. The standard InChI is InChI=1S/C10H7Br2NO2/c1-15-7-3-2-5(11)9-8(7)10(14)6(12)4-13-9/h2-4H,1H3,(H,13,14). The van der Waals surface area contributed by atoms with Gasteiger partial charge in [0.1, 0.15) is 5.75 Å². The van der Waals surface area contributed by atoms with E-state index in [1.165, 1.54) is 0 Å². The Bertz CT molecular complexity index is 577. The Morgan fingerprint density at radius 1 is 1.27 bits per heavy atom. The summed E-state index contributed by atoms with van der Waals surface area (Å²) in [7, 11) is 1.54. The highest BCUT2D eigenvalue weighted by molar-refractivity contribution is 9.11. The molecule has 1 aromatic heterocycles. The van der Waals surface area contributed by atoms with Gasteiger partial charge in [-0.05, 0) is 44.0 Å². The van der Waals surface area contributed by atoms with Crippen molar-refractivity contribution in [2.24, 2.45) is 0 Å². The zero-order valence-corrected chi connectivity index (χ0v) is 11.0. The molecule has 0 saturated carbocycles. The number of H-pyrrole nitrogens is 1. The van der Waals surface area contributed by atoms with Crippen LogP contribution in [0.25, 0.3) is 10.9 Å². The maximum atomic E-state index is 11.9. The first kappa shape index (κ1) is 10.7. The van der Waals surface area contributed by atoms with Crippen LogP contribution in [0.1, 0.15) is 0 Å². The zero-order chi connectivity index (χ0) is 11.0. The predicted molar refractivity (Wildman–Crippen MR) is 66.5 cm³/mol. The number of ether oxygens (including phenoxy) is 1. The molecule has 0 aliphatic heterocycles. The highest BCUT2D eigenvalue weighted by Gasteiger charge is 2.10. The number of hydrogen-bond donors (Lipinski definition) is 1. The summed E-state index contributed by atoms with van der Waals surface area (Å²) in [4.78, 5) is 14.9. The monoisotopic (exact) mass is 331 g/mol. The average Bonchev–Trinajstić information content (AvgIpc) is 2.24. The molecule has 1 heterocycles. The van der Waals surface area contributed by atoms with Crippen LogP contribution in [0.15, 0.2) is 32.1 Å². The van der Waals surface area contributed by atoms with E-state index in [1.807, 2.05) is 6.07 Å². The average molecular weight is 333 g/mol. The van der Waals surface area contributed by atoms with Gasteiger partial charge in [-0.15, -0.1) is 0 Å². The van der Waals surface area contributed by atoms with Crippen LogP contribution >= 0.6 is 31.9 Å². The summed E-state index contributed by atoms with van der Waals surface area (Å²) in [6.45, 7) is 0. The van der Waals surface area contributed by atoms with Crippen molar-refractivity contribution in [1.82, 2.24) is 4.98 Å². The van der Waals surface area contributed by atoms with E-state index in [0.29, 0.717) is 15.6 Å². The third-order valence-electron chi connectivity index (χ3n) is 2.12. The van der Waals surface area contributed by atoms with Crippen molar-refractivity contribution in [1.29, 1.82) is 0 Å². The predicted octanol–water partition coefficient (Wildman–Crippen LogP) is 3.06. The fourth-order valence-corrected chi connectivity index (χ4v) is 2.17. The van der Waals surface area contributed by atoms with Crippen molar-refractivity contribution in [2.45, 2.75) is 0 Å². The molecule has 0 aliphatic carbocycles. The van der Waals surface area contributed by atoms with Gasteiger partial charge in [0.25, 0.3) is 0 Å². The summed E-state index contributed by atoms with van der Waals surface area (Å²) in [5, 5.41) is 0.543. The van der Waals surface area contributed by atoms with E-state index in [4.69, 9.17) is 4.74 Å². The Balaban J connectivity index is 3.02. The van der Waals surface area contributed by atoms with Gasteiger partial charge >= 0.3 is 0 Å². The third kappa shape index (κ3) is 1.70. The fourth-order valence-electron chi connectivity index (χ4n) is 1.42. The summed E-state index contributed by atoms with van der Waals surface area (Å²) < 4.78 is 6.48. The summed E-state index contributed by atoms with van der Waals surface area (Å²) in [5.74, 6) is 0.566. The second-order valence-electron chi connectivity index (χ2n) is 2.97. The van der Waals surface area contributed by atoms with Crippen molar-refractivity contribution in [2.75, 3.05) is 7.11 Å². The van der Waals surface area contributed by atoms with Gasteiger partial charge in [0.15, 0.2) is 0 Å². The second kappa shape index (κ2) is 3.98.